The highest BCUT2D eigenvalue weighted by Gasteiger charge is 2.26. The lowest BCUT2D eigenvalue weighted by Crippen LogP contribution is -2.18. The number of rotatable bonds is 3. The molecule has 1 N–H and O–H groups in total. The fraction of sp³-hybridized carbons (Fsp3) is 0.321. The molecule has 0 aromatic heterocycles. The van der Waals surface area contributed by atoms with Crippen molar-refractivity contribution in [1.82, 2.24) is 0 Å². The third kappa shape index (κ3) is 4.82. The van der Waals surface area contributed by atoms with Crippen LogP contribution in [-0.4, -0.2) is 11.1 Å². The Bertz CT molecular complexity index is 1110. The van der Waals surface area contributed by atoms with Crippen LogP contribution in [0.3, 0.4) is 0 Å². The van der Waals surface area contributed by atoms with Gasteiger partial charge in [-0.05, 0) is 58.2 Å². The van der Waals surface area contributed by atoms with Gasteiger partial charge in [-0.2, -0.15) is 0 Å². The lowest BCUT2D eigenvalue weighted by Gasteiger charge is -2.29. The number of phenols is 1. The lowest BCUT2D eigenvalue weighted by atomic mass is 9.75. The molecule has 162 valence electrons. The van der Waals surface area contributed by atoms with Crippen LogP contribution in [0.4, 0.5) is 0 Å². The van der Waals surface area contributed by atoms with E-state index in [2.05, 4.69) is 60.6 Å². The van der Waals surface area contributed by atoms with E-state index in [0.29, 0.717) is 5.75 Å². The van der Waals surface area contributed by atoms with Crippen LogP contribution in [0, 0.1) is 6.92 Å². The molecule has 0 radical (unpaired) electrons. The molecule has 0 amide bonds. The summed E-state index contributed by atoms with van der Waals surface area (Å²) in [6.07, 6.45) is 0. The van der Waals surface area contributed by atoms with Crippen LogP contribution in [0.5, 0.6) is 11.5 Å². The van der Waals surface area contributed by atoms with Gasteiger partial charge in [0.15, 0.2) is 0 Å². The zero-order valence-electron chi connectivity index (χ0n) is 19.5. The van der Waals surface area contributed by atoms with E-state index in [0.717, 1.165) is 16.7 Å². The van der Waals surface area contributed by atoms with Crippen LogP contribution in [-0.2, 0) is 10.8 Å². The second kappa shape index (κ2) is 8.22. The molecule has 0 spiro atoms. The molecule has 0 fully saturated rings. The van der Waals surface area contributed by atoms with Crippen LogP contribution >= 0.6 is 0 Å². The number of esters is 1. The molecule has 0 unspecified atom stereocenters. The Morgan fingerprint density at radius 1 is 0.839 bits per heavy atom. The largest absolute Gasteiger partial charge is 0.507 e. The monoisotopic (exact) mass is 416 g/mol. The quantitative estimate of drug-likeness (QED) is 0.363. The first-order valence-corrected chi connectivity index (χ1v) is 10.6. The average molecular weight is 417 g/mol. The molecular weight excluding hydrogens is 384 g/mol. The molecule has 31 heavy (non-hydrogen) atoms. The van der Waals surface area contributed by atoms with Crippen LogP contribution in [0.2, 0.25) is 0 Å². The van der Waals surface area contributed by atoms with Gasteiger partial charge in [-0.3, -0.25) is 0 Å². The Morgan fingerprint density at radius 2 is 1.45 bits per heavy atom. The molecule has 3 aromatic carbocycles. The van der Waals surface area contributed by atoms with E-state index in [1.165, 1.54) is 17.2 Å². The highest BCUT2D eigenvalue weighted by molar-refractivity contribution is 5.95. The smallest absolute Gasteiger partial charge is 0.347 e. The maximum absolute atomic E-state index is 12.8. The van der Waals surface area contributed by atoms with Crippen molar-refractivity contribution in [2.75, 3.05) is 0 Å². The van der Waals surface area contributed by atoms with E-state index in [1.807, 2.05) is 18.2 Å². The molecule has 0 aliphatic carbocycles. The van der Waals surface area contributed by atoms with Crippen molar-refractivity contribution in [3.05, 3.63) is 82.9 Å². The van der Waals surface area contributed by atoms with Crippen LogP contribution in [0.15, 0.2) is 60.7 Å². The predicted octanol–water partition coefficient (Wildman–Crippen LogP) is 7.18. The number of benzene rings is 3. The van der Waals surface area contributed by atoms with Gasteiger partial charge < -0.3 is 9.84 Å². The first-order valence-electron chi connectivity index (χ1n) is 10.6. The fourth-order valence-electron chi connectivity index (χ4n) is 3.73. The van der Waals surface area contributed by atoms with Gasteiger partial charge in [0, 0.05) is 5.56 Å². The molecule has 0 heterocycles. The Morgan fingerprint density at radius 3 is 2.06 bits per heavy atom. The Kier molecular flexibility index (Phi) is 6.00. The normalized spacial score (nSPS) is 12.0. The summed E-state index contributed by atoms with van der Waals surface area (Å²) in [6.45, 7) is 15.4. The van der Waals surface area contributed by atoms with Crippen molar-refractivity contribution >= 4 is 5.97 Å². The van der Waals surface area contributed by atoms with Gasteiger partial charge >= 0.3 is 5.97 Å². The molecule has 3 aromatic rings. The highest BCUT2D eigenvalue weighted by Crippen LogP contribution is 2.42. The molecule has 0 bridgehead atoms. The van der Waals surface area contributed by atoms with Crippen LogP contribution < -0.4 is 4.74 Å². The van der Waals surface area contributed by atoms with Crippen molar-refractivity contribution < 1.29 is 14.6 Å². The van der Waals surface area contributed by atoms with Crippen molar-refractivity contribution in [1.29, 1.82) is 0 Å². The van der Waals surface area contributed by atoms with E-state index in [-0.39, 0.29) is 22.1 Å². The minimum Gasteiger partial charge on any atom is -0.507 e. The van der Waals surface area contributed by atoms with Gasteiger partial charge in [-0.15, -0.1) is 0 Å². The summed E-state index contributed by atoms with van der Waals surface area (Å²) in [5.41, 5.74) is 5.66. The molecule has 3 nitrogen and oxygen atoms in total. The minimum atomic E-state index is -0.577. The summed E-state index contributed by atoms with van der Waals surface area (Å²) in [4.78, 5) is 12.8. The topological polar surface area (TPSA) is 46.5 Å². The molecule has 0 aliphatic rings. The number of aromatic hydroxyl groups is 1. The number of aryl methyl sites for hydroxylation is 1. The van der Waals surface area contributed by atoms with Crippen molar-refractivity contribution in [2.24, 2.45) is 0 Å². The molecular formula is C28H32O3. The fourth-order valence-corrected chi connectivity index (χ4v) is 3.73. The third-order valence-corrected chi connectivity index (χ3v) is 5.49. The van der Waals surface area contributed by atoms with Crippen molar-refractivity contribution in [3.8, 4) is 22.6 Å². The van der Waals surface area contributed by atoms with Gasteiger partial charge in [0.1, 0.15) is 17.1 Å². The summed E-state index contributed by atoms with van der Waals surface area (Å²) in [6, 6.07) is 18.5. The van der Waals surface area contributed by atoms with E-state index >= 15 is 0 Å². The molecule has 3 rings (SSSR count). The number of carbonyl (C=O) groups is 1. The van der Waals surface area contributed by atoms with E-state index in [9.17, 15) is 9.90 Å². The van der Waals surface area contributed by atoms with Crippen molar-refractivity contribution in [2.45, 2.75) is 59.3 Å². The predicted molar refractivity (Wildman–Crippen MR) is 127 cm³/mol. The van der Waals surface area contributed by atoms with Gasteiger partial charge in [-0.1, -0.05) is 84.0 Å². The van der Waals surface area contributed by atoms with E-state index in [1.54, 1.807) is 24.3 Å². The zero-order valence-corrected chi connectivity index (χ0v) is 19.5. The number of hydrogen-bond donors (Lipinski definition) is 1. The second-order valence-corrected chi connectivity index (χ2v) is 10.1. The Labute approximate surface area is 185 Å². The van der Waals surface area contributed by atoms with Crippen LogP contribution in [0.1, 0.15) is 68.6 Å². The van der Waals surface area contributed by atoms with Gasteiger partial charge in [0.05, 0.1) is 0 Å². The standard InChI is InChI=1S/C28H32O3/c1-18-16-19(27(2,3)4)17-22(28(5,6)7)25(18)21-13-9-11-15-24(21)31-26(30)20-12-8-10-14-23(20)29/h8-17,29H,1-7H3. The highest BCUT2D eigenvalue weighted by atomic mass is 16.5. The summed E-state index contributed by atoms with van der Waals surface area (Å²) >= 11 is 0. The summed E-state index contributed by atoms with van der Waals surface area (Å²) < 4.78 is 5.79. The third-order valence-electron chi connectivity index (χ3n) is 5.49. The molecule has 3 heteroatoms. The number of carbonyl (C=O) groups excluding carboxylic acids is 1. The lowest BCUT2D eigenvalue weighted by molar-refractivity contribution is 0.0732. The molecule has 0 saturated carbocycles. The van der Waals surface area contributed by atoms with Gasteiger partial charge in [0.2, 0.25) is 0 Å². The van der Waals surface area contributed by atoms with Crippen LogP contribution in [0.25, 0.3) is 11.1 Å². The zero-order chi connectivity index (χ0) is 23.0. The number of phenolic OH excluding ortho intramolecular Hbond substituents is 1. The minimum absolute atomic E-state index is 0.0279. The van der Waals surface area contributed by atoms with E-state index in [4.69, 9.17) is 4.74 Å². The van der Waals surface area contributed by atoms with E-state index < -0.39 is 5.97 Å². The Balaban J connectivity index is 2.17. The summed E-state index contributed by atoms with van der Waals surface area (Å²) in [5, 5.41) is 10.0. The summed E-state index contributed by atoms with van der Waals surface area (Å²) in [5.74, 6) is -0.189. The molecule has 0 aliphatic heterocycles. The number of hydrogen-bond acceptors (Lipinski definition) is 3. The number of para-hydroxylation sites is 2. The molecule has 0 atom stereocenters. The van der Waals surface area contributed by atoms with Crippen molar-refractivity contribution in [3.63, 3.8) is 0 Å². The maximum Gasteiger partial charge on any atom is 0.347 e. The first kappa shape index (κ1) is 22.6. The SMILES string of the molecule is Cc1cc(C(C)(C)C)cc(C(C)(C)C)c1-c1ccccc1OC(=O)c1ccccc1O. The van der Waals surface area contributed by atoms with Gasteiger partial charge in [-0.25, -0.2) is 4.79 Å². The first-order chi connectivity index (χ1) is 14.4. The second-order valence-electron chi connectivity index (χ2n) is 10.1. The Hall–Kier alpha value is -3.07. The van der Waals surface area contributed by atoms with Gasteiger partial charge in [0.25, 0.3) is 0 Å². The number of ether oxygens (including phenoxy) is 1. The summed E-state index contributed by atoms with van der Waals surface area (Å²) in [7, 11) is 0. The average Bonchev–Trinajstić information content (AvgIpc) is 2.67. The maximum atomic E-state index is 12.8. The molecule has 0 saturated heterocycles.